The number of amides is 1. The molecule has 0 aliphatic heterocycles. The van der Waals surface area contributed by atoms with Gasteiger partial charge in [0.2, 0.25) is 5.91 Å². The quantitative estimate of drug-likeness (QED) is 0.681. The summed E-state index contributed by atoms with van der Waals surface area (Å²) in [7, 11) is 3.84. The Kier molecular flexibility index (Phi) is 1.88. The molecule has 0 saturated heterocycles. The summed E-state index contributed by atoms with van der Waals surface area (Å²) in [6.07, 6.45) is 8.52. The van der Waals surface area contributed by atoms with Gasteiger partial charge in [0.1, 0.15) is 0 Å². The Hall–Kier alpha value is -0.530. The molecule has 0 aromatic carbocycles. The molecule has 1 amide bonds. The van der Waals surface area contributed by atoms with E-state index in [-0.39, 0.29) is 0 Å². The molecule has 0 N–H and O–H groups in total. The van der Waals surface area contributed by atoms with E-state index in [4.69, 9.17) is 0 Å². The van der Waals surface area contributed by atoms with E-state index in [9.17, 15) is 4.79 Å². The summed E-state index contributed by atoms with van der Waals surface area (Å²) >= 11 is 0. The fraction of sp³-hybridized carbons (Fsp3) is 0.933. The minimum absolute atomic E-state index is 0.396. The van der Waals surface area contributed by atoms with E-state index in [0.717, 1.165) is 23.7 Å². The molecule has 5 fully saturated rings. The van der Waals surface area contributed by atoms with Crippen LogP contribution >= 0.6 is 0 Å². The Bertz CT molecular complexity index is 345. The summed E-state index contributed by atoms with van der Waals surface area (Å²) in [4.78, 5) is 14.1. The van der Waals surface area contributed by atoms with E-state index in [1.807, 2.05) is 19.0 Å². The van der Waals surface area contributed by atoms with Crippen molar-refractivity contribution in [3.63, 3.8) is 0 Å². The third-order valence-corrected chi connectivity index (χ3v) is 6.44. The smallest absolute Gasteiger partial charge is 0.225 e. The van der Waals surface area contributed by atoms with Crippen molar-refractivity contribution in [2.75, 3.05) is 14.1 Å². The first-order valence-electron chi connectivity index (χ1n) is 7.32. The van der Waals surface area contributed by atoms with Crippen molar-refractivity contribution in [1.29, 1.82) is 0 Å². The molecule has 5 aliphatic rings. The predicted octanol–water partition coefficient (Wildman–Crippen LogP) is 2.54. The maximum atomic E-state index is 12.2. The third kappa shape index (κ3) is 1.19. The van der Waals surface area contributed by atoms with E-state index in [0.29, 0.717) is 17.2 Å². The Morgan fingerprint density at radius 3 is 2.00 bits per heavy atom. The van der Waals surface area contributed by atoms with Crippen molar-refractivity contribution in [2.45, 2.75) is 38.5 Å². The van der Waals surface area contributed by atoms with Crippen LogP contribution in [-0.2, 0) is 4.79 Å². The van der Waals surface area contributed by atoms with Crippen LogP contribution in [0.1, 0.15) is 38.5 Å². The zero-order valence-electron chi connectivity index (χ0n) is 11.0. The average Bonchev–Trinajstić information content (AvgIpc) is 3.00. The van der Waals surface area contributed by atoms with E-state index in [2.05, 4.69) is 0 Å². The molecule has 2 heteroatoms. The van der Waals surface area contributed by atoms with Gasteiger partial charge in [-0.25, -0.2) is 0 Å². The van der Waals surface area contributed by atoms with E-state index < -0.39 is 0 Å². The minimum atomic E-state index is 0.396. The summed E-state index contributed by atoms with van der Waals surface area (Å²) in [5.74, 6) is 4.68. The van der Waals surface area contributed by atoms with Crippen LogP contribution in [0.5, 0.6) is 0 Å². The first kappa shape index (κ1) is 10.4. The second-order valence-electron chi connectivity index (χ2n) is 7.41. The maximum Gasteiger partial charge on any atom is 0.225 e. The van der Waals surface area contributed by atoms with Crippen LogP contribution in [-0.4, -0.2) is 24.9 Å². The van der Waals surface area contributed by atoms with Gasteiger partial charge >= 0.3 is 0 Å². The number of hydrogen-bond donors (Lipinski definition) is 0. The van der Waals surface area contributed by atoms with Gasteiger partial charge in [-0.3, -0.25) is 4.79 Å². The maximum absolute atomic E-state index is 12.2. The number of rotatable bonds is 1. The monoisotopic (exact) mass is 233 g/mol. The summed E-state index contributed by atoms with van der Waals surface area (Å²) in [5, 5.41) is 0. The van der Waals surface area contributed by atoms with Gasteiger partial charge in [0, 0.05) is 20.0 Å². The zero-order chi connectivity index (χ0) is 11.8. The van der Waals surface area contributed by atoms with Gasteiger partial charge in [0.15, 0.2) is 0 Å². The Balaban J connectivity index is 1.62. The van der Waals surface area contributed by atoms with Gasteiger partial charge < -0.3 is 4.90 Å². The van der Waals surface area contributed by atoms with E-state index in [1.165, 1.54) is 38.5 Å². The fourth-order valence-electron chi connectivity index (χ4n) is 5.89. The minimum Gasteiger partial charge on any atom is -0.349 e. The van der Waals surface area contributed by atoms with Crippen LogP contribution in [0.25, 0.3) is 0 Å². The average molecular weight is 233 g/mol. The number of hydrogen-bond acceptors (Lipinski definition) is 1. The molecule has 0 radical (unpaired) electrons. The van der Waals surface area contributed by atoms with Crippen LogP contribution in [0, 0.1) is 35.0 Å². The summed E-state index contributed by atoms with van der Waals surface area (Å²) in [5.41, 5.74) is 0.481. The molecule has 0 heterocycles. The van der Waals surface area contributed by atoms with Gasteiger partial charge in [-0.15, -0.1) is 0 Å². The fourth-order valence-corrected chi connectivity index (χ4v) is 5.89. The zero-order valence-corrected chi connectivity index (χ0v) is 11.0. The lowest BCUT2D eigenvalue weighted by atomic mass is 9.49. The number of carbonyl (C=O) groups is 1. The first-order chi connectivity index (χ1) is 8.11. The highest BCUT2D eigenvalue weighted by Crippen LogP contribution is 2.75. The van der Waals surface area contributed by atoms with Crippen molar-refractivity contribution < 1.29 is 4.79 Å². The van der Waals surface area contributed by atoms with Crippen LogP contribution in [0.2, 0.25) is 0 Å². The molecule has 5 saturated carbocycles. The SMILES string of the molecule is CN(C)C(=O)[C@@H]1CC12C1CC3CC(C1)CC2C3. The Labute approximate surface area is 104 Å². The molecule has 94 valence electrons. The van der Waals surface area contributed by atoms with Crippen molar-refractivity contribution in [3.05, 3.63) is 0 Å². The third-order valence-electron chi connectivity index (χ3n) is 6.44. The van der Waals surface area contributed by atoms with Crippen LogP contribution in [0.3, 0.4) is 0 Å². The van der Waals surface area contributed by atoms with Gasteiger partial charge in [-0.2, -0.15) is 0 Å². The molecule has 17 heavy (non-hydrogen) atoms. The molecule has 5 aliphatic carbocycles. The molecule has 0 unspecified atom stereocenters. The number of carbonyl (C=O) groups excluding carboxylic acids is 1. The van der Waals surface area contributed by atoms with Crippen LogP contribution in [0.15, 0.2) is 0 Å². The second-order valence-corrected chi connectivity index (χ2v) is 7.41. The van der Waals surface area contributed by atoms with Crippen LogP contribution < -0.4 is 0 Å². The van der Waals surface area contributed by atoms with Crippen molar-refractivity contribution in [2.24, 2.45) is 35.0 Å². The predicted molar refractivity (Wildman–Crippen MR) is 66.3 cm³/mol. The van der Waals surface area contributed by atoms with Crippen molar-refractivity contribution in [3.8, 4) is 0 Å². The molecule has 1 atom stereocenters. The summed E-state index contributed by atoms with van der Waals surface area (Å²) < 4.78 is 0. The van der Waals surface area contributed by atoms with E-state index >= 15 is 0 Å². The van der Waals surface area contributed by atoms with Gasteiger partial charge in [0.25, 0.3) is 0 Å². The van der Waals surface area contributed by atoms with Crippen molar-refractivity contribution in [1.82, 2.24) is 4.90 Å². The lowest BCUT2D eigenvalue weighted by molar-refractivity contribution is -0.134. The van der Waals surface area contributed by atoms with Gasteiger partial charge in [-0.05, 0) is 67.6 Å². The lowest BCUT2D eigenvalue weighted by Crippen LogP contribution is -2.48. The Morgan fingerprint density at radius 1 is 1.00 bits per heavy atom. The van der Waals surface area contributed by atoms with Gasteiger partial charge in [-0.1, -0.05) is 0 Å². The Morgan fingerprint density at radius 2 is 1.53 bits per heavy atom. The summed E-state index contributed by atoms with van der Waals surface area (Å²) in [6.45, 7) is 0. The highest BCUT2D eigenvalue weighted by atomic mass is 16.2. The molecule has 5 rings (SSSR count). The molecular weight excluding hydrogens is 210 g/mol. The van der Waals surface area contributed by atoms with E-state index in [1.54, 1.807) is 0 Å². The standard InChI is InChI=1S/C15H23NO/c1-16(2)14(17)13-8-15(13)11-4-9-3-10(6-11)7-12(15)5-9/h9-13H,3-8H2,1-2H3/t9?,10?,11?,12?,13-,15?/m0/s1. The topological polar surface area (TPSA) is 20.3 Å². The largest absolute Gasteiger partial charge is 0.349 e. The lowest BCUT2D eigenvalue weighted by Gasteiger charge is -2.55. The molecule has 4 bridgehead atoms. The van der Waals surface area contributed by atoms with Gasteiger partial charge in [0.05, 0.1) is 0 Å². The van der Waals surface area contributed by atoms with Crippen LogP contribution in [0.4, 0.5) is 0 Å². The highest BCUT2D eigenvalue weighted by molar-refractivity contribution is 5.82. The second kappa shape index (κ2) is 3.07. The first-order valence-corrected chi connectivity index (χ1v) is 7.32. The number of nitrogens with zero attached hydrogens (tertiary/aromatic N) is 1. The molecule has 0 aromatic heterocycles. The molecule has 0 aromatic rings. The molecule has 2 nitrogen and oxygen atoms in total. The molecular formula is C15H23NO. The molecule has 1 spiro atoms. The van der Waals surface area contributed by atoms with Crippen molar-refractivity contribution >= 4 is 5.91 Å². The normalized spacial score (nSPS) is 54.1. The highest BCUT2D eigenvalue weighted by Gasteiger charge is 2.70. The summed E-state index contributed by atoms with van der Waals surface area (Å²) in [6, 6.07) is 0.